The standard InChI is InChI=1S/C18H20O/c19-17(12-11-15-7-3-1-4-8-15)18(13-14-18)16-9-5-2-6-10-16/h1-10,17,19H,11-14H2. The maximum absolute atomic E-state index is 10.6. The third kappa shape index (κ3) is 2.57. The molecule has 1 aliphatic carbocycles. The quantitative estimate of drug-likeness (QED) is 0.860. The number of hydrogen-bond acceptors (Lipinski definition) is 1. The molecule has 98 valence electrons. The lowest BCUT2D eigenvalue weighted by Crippen LogP contribution is -2.26. The molecular formula is C18H20O. The first-order valence-electron chi connectivity index (χ1n) is 7.09. The van der Waals surface area contributed by atoms with Gasteiger partial charge in [0.2, 0.25) is 0 Å². The van der Waals surface area contributed by atoms with Gasteiger partial charge in [-0.2, -0.15) is 0 Å². The van der Waals surface area contributed by atoms with E-state index in [1.54, 1.807) is 0 Å². The minimum atomic E-state index is -0.227. The summed E-state index contributed by atoms with van der Waals surface area (Å²) in [7, 11) is 0. The second-order valence-electron chi connectivity index (χ2n) is 5.56. The topological polar surface area (TPSA) is 20.2 Å². The fourth-order valence-corrected chi connectivity index (χ4v) is 2.94. The molecule has 1 saturated carbocycles. The van der Waals surface area contributed by atoms with E-state index >= 15 is 0 Å². The van der Waals surface area contributed by atoms with Gasteiger partial charge in [0.1, 0.15) is 0 Å². The van der Waals surface area contributed by atoms with E-state index in [4.69, 9.17) is 0 Å². The molecular weight excluding hydrogens is 232 g/mol. The Kier molecular flexibility index (Phi) is 3.39. The molecule has 0 amide bonds. The van der Waals surface area contributed by atoms with Crippen molar-refractivity contribution < 1.29 is 5.11 Å². The van der Waals surface area contributed by atoms with Crippen LogP contribution in [0.25, 0.3) is 0 Å². The van der Waals surface area contributed by atoms with Crippen LogP contribution in [-0.4, -0.2) is 11.2 Å². The summed E-state index contributed by atoms with van der Waals surface area (Å²) in [6.45, 7) is 0. The summed E-state index contributed by atoms with van der Waals surface area (Å²) in [4.78, 5) is 0. The second-order valence-corrected chi connectivity index (χ2v) is 5.56. The maximum atomic E-state index is 10.6. The first kappa shape index (κ1) is 12.4. The molecule has 0 aromatic heterocycles. The van der Waals surface area contributed by atoms with E-state index in [1.807, 2.05) is 12.1 Å². The summed E-state index contributed by atoms with van der Waals surface area (Å²) in [5.41, 5.74) is 2.65. The summed E-state index contributed by atoms with van der Waals surface area (Å²) in [5, 5.41) is 10.6. The average Bonchev–Trinajstić information content (AvgIpc) is 3.28. The lowest BCUT2D eigenvalue weighted by Gasteiger charge is -2.22. The smallest absolute Gasteiger partial charge is 0.0640 e. The highest BCUT2D eigenvalue weighted by Crippen LogP contribution is 2.51. The summed E-state index contributed by atoms with van der Waals surface area (Å²) in [5.74, 6) is 0. The fraction of sp³-hybridized carbons (Fsp3) is 0.333. The van der Waals surface area contributed by atoms with E-state index in [1.165, 1.54) is 11.1 Å². The van der Waals surface area contributed by atoms with E-state index < -0.39 is 0 Å². The molecule has 0 heterocycles. The monoisotopic (exact) mass is 252 g/mol. The van der Waals surface area contributed by atoms with Crippen LogP contribution < -0.4 is 0 Å². The van der Waals surface area contributed by atoms with Crippen LogP contribution in [0.3, 0.4) is 0 Å². The van der Waals surface area contributed by atoms with Crippen LogP contribution in [0.4, 0.5) is 0 Å². The van der Waals surface area contributed by atoms with Gasteiger partial charge in [-0.05, 0) is 36.8 Å². The van der Waals surface area contributed by atoms with Gasteiger partial charge in [-0.15, -0.1) is 0 Å². The van der Waals surface area contributed by atoms with Gasteiger partial charge in [-0.25, -0.2) is 0 Å². The van der Waals surface area contributed by atoms with E-state index in [0.29, 0.717) is 0 Å². The Morgan fingerprint density at radius 3 is 2.05 bits per heavy atom. The van der Waals surface area contributed by atoms with Crippen LogP contribution in [0.1, 0.15) is 30.4 Å². The number of benzene rings is 2. The van der Waals surface area contributed by atoms with Crippen molar-refractivity contribution in [2.75, 3.05) is 0 Å². The first-order valence-corrected chi connectivity index (χ1v) is 7.09. The predicted octanol–water partition coefficient (Wildman–Crippen LogP) is 3.71. The molecule has 1 fully saturated rings. The molecule has 0 bridgehead atoms. The lowest BCUT2D eigenvalue weighted by atomic mass is 9.87. The Labute approximate surface area is 114 Å². The molecule has 1 unspecified atom stereocenters. The summed E-state index contributed by atoms with van der Waals surface area (Å²) >= 11 is 0. The van der Waals surface area contributed by atoms with Gasteiger partial charge in [0, 0.05) is 5.41 Å². The lowest BCUT2D eigenvalue weighted by molar-refractivity contribution is 0.122. The van der Waals surface area contributed by atoms with Crippen LogP contribution in [0.2, 0.25) is 0 Å². The van der Waals surface area contributed by atoms with Gasteiger partial charge < -0.3 is 5.11 Å². The maximum Gasteiger partial charge on any atom is 0.0640 e. The van der Waals surface area contributed by atoms with Gasteiger partial charge in [0.15, 0.2) is 0 Å². The Morgan fingerprint density at radius 1 is 0.895 bits per heavy atom. The van der Waals surface area contributed by atoms with Crippen molar-refractivity contribution in [3.8, 4) is 0 Å². The molecule has 1 aliphatic rings. The predicted molar refractivity (Wildman–Crippen MR) is 78.1 cm³/mol. The minimum Gasteiger partial charge on any atom is -0.392 e. The van der Waals surface area contributed by atoms with Crippen molar-refractivity contribution in [3.05, 3.63) is 71.8 Å². The molecule has 0 saturated heterocycles. The second kappa shape index (κ2) is 5.18. The van der Waals surface area contributed by atoms with Gasteiger partial charge in [-0.3, -0.25) is 0 Å². The zero-order chi connectivity index (χ0) is 13.1. The minimum absolute atomic E-state index is 0.0377. The summed E-state index contributed by atoms with van der Waals surface area (Å²) in [6, 6.07) is 20.9. The van der Waals surface area contributed by atoms with Crippen molar-refractivity contribution in [1.29, 1.82) is 0 Å². The fourth-order valence-electron chi connectivity index (χ4n) is 2.94. The molecule has 2 aromatic rings. The highest BCUT2D eigenvalue weighted by Gasteiger charge is 2.49. The van der Waals surface area contributed by atoms with Crippen molar-refractivity contribution in [1.82, 2.24) is 0 Å². The molecule has 0 aliphatic heterocycles. The number of aryl methyl sites for hydroxylation is 1. The first-order chi connectivity index (χ1) is 9.31. The molecule has 1 N–H and O–H groups in total. The van der Waals surface area contributed by atoms with Crippen LogP contribution in [0.15, 0.2) is 60.7 Å². The molecule has 3 rings (SSSR count). The zero-order valence-electron chi connectivity index (χ0n) is 11.1. The molecule has 0 radical (unpaired) electrons. The number of rotatable bonds is 5. The summed E-state index contributed by atoms with van der Waals surface area (Å²) in [6.07, 6.45) is 3.81. The van der Waals surface area contributed by atoms with Crippen molar-refractivity contribution >= 4 is 0 Å². The molecule has 1 nitrogen and oxygen atoms in total. The molecule has 1 atom stereocenters. The average molecular weight is 252 g/mol. The Bertz CT molecular complexity index is 514. The number of aliphatic hydroxyl groups excluding tert-OH is 1. The van der Waals surface area contributed by atoms with E-state index in [2.05, 4.69) is 48.5 Å². The third-order valence-corrected chi connectivity index (χ3v) is 4.32. The van der Waals surface area contributed by atoms with Gasteiger partial charge in [0.05, 0.1) is 6.10 Å². The highest BCUT2D eigenvalue weighted by atomic mass is 16.3. The van der Waals surface area contributed by atoms with Gasteiger partial charge in [0.25, 0.3) is 0 Å². The van der Waals surface area contributed by atoms with Gasteiger partial charge in [-0.1, -0.05) is 60.7 Å². The SMILES string of the molecule is OC(CCc1ccccc1)C1(c2ccccc2)CC1. The molecule has 0 spiro atoms. The zero-order valence-corrected chi connectivity index (χ0v) is 11.1. The van der Waals surface area contributed by atoms with Crippen molar-refractivity contribution in [3.63, 3.8) is 0 Å². The molecule has 2 aromatic carbocycles. The number of aliphatic hydroxyl groups is 1. The van der Waals surface area contributed by atoms with Crippen LogP contribution >= 0.6 is 0 Å². The van der Waals surface area contributed by atoms with Crippen LogP contribution in [0, 0.1) is 0 Å². The van der Waals surface area contributed by atoms with Gasteiger partial charge >= 0.3 is 0 Å². The normalized spacial score (nSPS) is 17.9. The molecule has 19 heavy (non-hydrogen) atoms. The van der Waals surface area contributed by atoms with Crippen molar-refractivity contribution in [2.45, 2.75) is 37.2 Å². The highest BCUT2D eigenvalue weighted by molar-refractivity contribution is 5.33. The third-order valence-electron chi connectivity index (χ3n) is 4.32. The van der Waals surface area contributed by atoms with Crippen molar-refractivity contribution in [2.24, 2.45) is 0 Å². The number of hydrogen-bond donors (Lipinski definition) is 1. The van der Waals surface area contributed by atoms with E-state index in [9.17, 15) is 5.11 Å². The largest absolute Gasteiger partial charge is 0.392 e. The van der Waals surface area contributed by atoms with E-state index in [-0.39, 0.29) is 11.5 Å². The van der Waals surface area contributed by atoms with E-state index in [0.717, 1.165) is 25.7 Å². The van der Waals surface area contributed by atoms with Crippen LogP contribution in [0.5, 0.6) is 0 Å². The Balaban J connectivity index is 1.66. The van der Waals surface area contributed by atoms with Crippen LogP contribution in [-0.2, 0) is 11.8 Å². The Hall–Kier alpha value is -1.60. The Morgan fingerprint density at radius 2 is 1.47 bits per heavy atom. The molecule has 1 heteroatoms. The summed E-state index contributed by atoms with van der Waals surface area (Å²) < 4.78 is 0.